The Morgan fingerprint density at radius 3 is 2.43 bits per heavy atom. The summed E-state index contributed by atoms with van der Waals surface area (Å²) in [6, 6.07) is 4.43. The monoisotopic (exact) mass is 230 g/mol. The quantitative estimate of drug-likeness (QED) is 0.591. The largest absolute Gasteiger partial charge is 0.290 e. The highest BCUT2D eigenvalue weighted by atomic mass is 35.5. The van der Waals surface area contributed by atoms with Crippen molar-refractivity contribution in [2.75, 3.05) is 0 Å². The van der Waals surface area contributed by atoms with Gasteiger partial charge in [0, 0.05) is 17.0 Å². The highest BCUT2D eigenvalue weighted by molar-refractivity contribution is 6.48. The van der Waals surface area contributed by atoms with E-state index in [2.05, 4.69) is 0 Å². The van der Waals surface area contributed by atoms with Crippen LogP contribution in [0.25, 0.3) is 0 Å². The average Bonchev–Trinajstić information content (AvgIpc) is 2.15. The second-order valence-corrected chi connectivity index (χ2v) is 3.57. The third-order valence-corrected chi connectivity index (χ3v) is 2.30. The van der Waals surface area contributed by atoms with Crippen LogP contribution < -0.4 is 0 Å². The van der Waals surface area contributed by atoms with E-state index in [1.54, 1.807) is 6.92 Å². The molecule has 0 aliphatic rings. The summed E-state index contributed by atoms with van der Waals surface area (Å²) in [6.45, 7) is 1.63. The Balaban J connectivity index is 3.08. The molecule has 1 aromatic carbocycles. The smallest absolute Gasteiger partial charge is 0.230 e. The molecule has 2 nitrogen and oxygen atoms in total. The summed E-state index contributed by atoms with van der Waals surface area (Å²) < 4.78 is 0. The Morgan fingerprint density at radius 1 is 1.29 bits per heavy atom. The van der Waals surface area contributed by atoms with Crippen LogP contribution in [0.4, 0.5) is 0 Å². The number of carbonyl (C=O) groups is 2. The van der Waals surface area contributed by atoms with Crippen LogP contribution in [-0.4, -0.2) is 11.6 Å². The number of rotatable bonds is 3. The zero-order valence-corrected chi connectivity index (χ0v) is 9.02. The molecule has 0 bridgehead atoms. The van der Waals surface area contributed by atoms with Crippen LogP contribution in [0, 0.1) is 0 Å². The van der Waals surface area contributed by atoms with Crippen LogP contribution in [0.2, 0.25) is 10.0 Å². The Hall–Kier alpha value is -0.860. The van der Waals surface area contributed by atoms with Crippen LogP contribution in [0.1, 0.15) is 23.7 Å². The van der Waals surface area contributed by atoms with Gasteiger partial charge < -0.3 is 0 Å². The minimum Gasteiger partial charge on any atom is -0.290 e. The summed E-state index contributed by atoms with van der Waals surface area (Å²) >= 11 is 11.4. The highest BCUT2D eigenvalue weighted by Gasteiger charge is 2.16. The van der Waals surface area contributed by atoms with E-state index in [4.69, 9.17) is 23.2 Å². The topological polar surface area (TPSA) is 34.1 Å². The van der Waals surface area contributed by atoms with E-state index in [0.29, 0.717) is 5.02 Å². The summed E-state index contributed by atoms with van der Waals surface area (Å²) in [5, 5.41) is 0.653. The standard InChI is InChI=1S/C10H8Cl2O2/c1-2-9(13)10(14)7-4-3-6(11)5-8(7)12/h3-5H,2H2,1H3. The molecule has 0 N–H and O–H groups in total. The Labute approximate surface area is 91.8 Å². The molecule has 0 spiro atoms. The summed E-state index contributed by atoms with van der Waals surface area (Å²) in [4.78, 5) is 22.5. The molecular weight excluding hydrogens is 223 g/mol. The number of halogens is 2. The lowest BCUT2D eigenvalue weighted by atomic mass is 10.1. The summed E-state index contributed by atoms with van der Waals surface area (Å²) in [5.74, 6) is -1.01. The van der Waals surface area contributed by atoms with Crippen molar-refractivity contribution in [2.45, 2.75) is 13.3 Å². The van der Waals surface area contributed by atoms with E-state index in [9.17, 15) is 9.59 Å². The molecular formula is C10H8Cl2O2. The number of hydrogen-bond donors (Lipinski definition) is 0. The predicted octanol–water partition coefficient (Wildman–Crippen LogP) is 3.16. The SMILES string of the molecule is CCC(=O)C(=O)c1ccc(Cl)cc1Cl. The molecule has 0 amide bonds. The first-order valence-corrected chi connectivity index (χ1v) is 4.84. The lowest BCUT2D eigenvalue weighted by molar-refractivity contribution is -0.114. The van der Waals surface area contributed by atoms with E-state index in [0.717, 1.165) is 0 Å². The van der Waals surface area contributed by atoms with Gasteiger partial charge >= 0.3 is 0 Å². The van der Waals surface area contributed by atoms with Gasteiger partial charge in [-0.3, -0.25) is 9.59 Å². The molecule has 0 saturated heterocycles. The number of benzene rings is 1. The van der Waals surface area contributed by atoms with E-state index in [1.807, 2.05) is 0 Å². The van der Waals surface area contributed by atoms with Crippen LogP contribution in [-0.2, 0) is 4.79 Å². The minimum atomic E-state index is -0.561. The first-order chi connectivity index (χ1) is 6.56. The molecule has 0 unspecified atom stereocenters. The maximum Gasteiger partial charge on any atom is 0.230 e. The van der Waals surface area contributed by atoms with Crippen LogP contribution in [0.3, 0.4) is 0 Å². The number of Topliss-reactive ketones (excluding diaryl/α,β-unsaturated/α-hetero) is 2. The van der Waals surface area contributed by atoms with Crippen molar-refractivity contribution >= 4 is 34.8 Å². The molecule has 0 aliphatic carbocycles. The number of hydrogen-bond acceptors (Lipinski definition) is 2. The van der Waals surface area contributed by atoms with Gasteiger partial charge in [-0.1, -0.05) is 30.1 Å². The second-order valence-electron chi connectivity index (χ2n) is 2.73. The minimum absolute atomic E-state index is 0.178. The zero-order chi connectivity index (χ0) is 10.7. The van der Waals surface area contributed by atoms with Crippen molar-refractivity contribution in [2.24, 2.45) is 0 Å². The van der Waals surface area contributed by atoms with Crippen molar-refractivity contribution in [3.63, 3.8) is 0 Å². The van der Waals surface area contributed by atoms with Crippen molar-refractivity contribution in [1.82, 2.24) is 0 Å². The lowest BCUT2D eigenvalue weighted by Gasteiger charge is -2.01. The third-order valence-electron chi connectivity index (χ3n) is 1.75. The normalized spacial score (nSPS) is 9.93. The molecule has 74 valence electrons. The molecule has 14 heavy (non-hydrogen) atoms. The molecule has 1 aromatic rings. The van der Waals surface area contributed by atoms with Gasteiger partial charge in [0.15, 0.2) is 0 Å². The lowest BCUT2D eigenvalue weighted by Crippen LogP contribution is -2.13. The summed E-state index contributed by atoms with van der Waals surface area (Å²) in [6.07, 6.45) is 0.178. The Bertz CT molecular complexity index is 386. The average molecular weight is 231 g/mol. The molecule has 1 rings (SSSR count). The highest BCUT2D eigenvalue weighted by Crippen LogP contribution is 2.21. The predicted molar refractivity (Wildman–Crippen MR) is 56.1 cm³/mol. The van der Waals surface area contributed by atoms with Crippen LogP contribution in [0.15, 0.2) is 18.2 Å². The fourth-order valence-corrected chi connectivity index (χ4v) is 1.48. The van der Waals surface area contributed by atoms with E-state index >= 15 is 0 Å². The molecule has 0 aliphatic heterocycles. The van der Waals surface area contributed by atoms with Crippen LogP contribution in [0.5, 0.6) is 0 Å². The second kappa shape index (κ2) is 4.58. The van der Waals surface area contributed by atoms with E-state index in [-0.39, 0.29) is 17.0 Å². The first-order valence-electron chi connectivity index (χ1n) is 4.08. The van der Waals surface area contributed by atoms with Gasteiger partial charge in [-0.25, -0.2) is 0 Å². The van der Waals surface area contributed by atoms with Gasteiger partial charge in [0.25, 0.3) is 0 Å². The van der Waals surface area contributed by atoms with Crippen LogP contribution >= 0.6 is 23.2 Å². The maximum atomic E-state index is 11.4. The van der Waals surface area contributed by atoms with Gasteiger partial charge in [-0.2, -0.15) is 0 Å². The number of carbonyl (C=O) groups excluding carboxylic acids is 2. The third kappa shape index (κ3) is 2.34. The van der Waals surface area contributed by atoms with Gasteiger partial charge in [-0.05, 0) is 18.2 Å². The van der Waals surface area contributed by atoms with Crippen molar-refractivity contribution in [1.29, 1.82) is 0 Å². The maximum absolute atomic E-state index is 11.4. The number of ketones is 2. The summed E-state index contributed by atoms with van der Waals surface area (Å²) in [5.41, 5.74) is 0.211. The Kier molecular flexibility index (Phi) is 3.67. The van der Waals surface area contributed by atoms with Gasteiger partial charge in [-0.15, -0.1) is 0 Å². The van der Waals surface area contributed by atoms with Crippen molar-refractivity contribution in [3.8, 4) is 0 Å². The van der Waals surface area contributed by atoms with Gasteiger partial charge in [0.2, 0.25) is 11.6 Å². The fraction of sp³-hybridized carbons (Fsp3) is 0.200. The molecule has 0 fully saturated rings. The van der Waals surface area contributed by atoms with Gasteiger partial charge in [0.1, 0.15) is 0 Å². The molecule has 0 heterocycles. The van der Waals surface area contributed by atoms with Gasteiger partial charge in [0.05, 0.1) is 5.02 Å². The van der Waals surface area contributed by atoms with E-state index < -0.39 is 11.6 Å². The molecule has 0 saturated carbocycles. The molecule has 0 aromatic heterocycles. The molecule has 0 radical (unpaired) electrons. The van der Waals surface area contributed by atoms with Crippen molar-refractivity contribution < 1.29 is 9.59 Å². The first kappa shape index (κ1) is 11.2. The molecule has 0 atom stereocenters. The summed E-state index contributed by atoms with van der Waals surface area (Å²) in [7, 11) is 0. The molecule has 4 heteroatoms. The zero-order valence-electron chi connectivity index (χ0n) is 7.51. The van der Waals surface area contributed by atoms with Crippen molar-refractivity contribution in [3.05, 3.63) is 33.8 Å². The fourth-order valence-electron chi connectivity index (χ4n) is 0.984. The Morgan fingerprint density at radius 2 is 1.93 bits per heavy atom. The van der Waals surface area contributed by atoms with E-state index in [1.165, 1.54) is 18.2 Å².